The highest BCUT2D eigenvalue weighted by molar-refractivity contribution is 7.80. The van der Waals surface area contributed by atoms with Gasteiger partial charge in [-0.3, -0.25) is 19.8 Å². The molecule has 0 saturated carbocycles. The van der Waals surface area contributed by atoms with Crippen LogP contribution in [0.3, 0.4) is 0 Å². The van der Waals surface area contributed by atoms with E-state index in [1.54, 1.807) is 18.3 Å². The molecule has 1 saturated heterocycles. The summed E-state index contributed by atoms with van der Waals surface area (Å²) in [7, 11) is 0. The summed E-state index contributed by atoms with van der Waals surface area (Å²) in [6.45, 7) is 3.79. The van der Waals surface area contributed by atoms with E-state index in [0.29, 0.717) is 10.2 Å². The molecule has 0 bridgehead atoms. The monoisotopic (exact) mass is 305 g/mol. The lowest BCUT2D eigenvalue weighted by atomic mass is 10.1. The van der Waals surface area contributed by atoms with Crippen LogP contribution in [0.25, 0.3) is 6.08 Å². The quantitative estimate of drug-likeness (QED) is 0.385. The Labute approximate surface area is 126 Å². The van der Waals surface area contributed by atoms with E-state index in [1.165, 1.54) is 17.1 Å². The molecule has 1 aliphatic rings. The summed E-state index contributed by atoms with van der Waals surface area (Å²) in [5.74, 6) is -0.990. The summed E-state index contributed by atoms with van der Waals surface area (Å²) >= 11 is 10.1. The molecule has 2 rings (SSSR count). The summed E-state index contributed by atoms with van der Waals surface area (Å²) in [6, 6.07) is 3.46. The molecule has 0 aliphatic carbocycles. The van der Waals surface area contributed by atoms with Gasteiger partial charge in [0.15, 0.2) is 5.11 Å². The van der Waals surface area contributed by atoms with Crippen molar-refractivity contribution in [3.8, 4) is 0 Å². The molecule has 1 fully saturated rings. The molecule has 0 spiro atoms. The van der Waals surface area contributed by atoms with Gasteiger partial charge in [-0.1, -0.05) is 24.4 Å². The number of carbonyl (C=O) groups excluding carboxylic acids is 2. The Balaban J connectivity index is 2.44. The lowest BCUT2D eigenvalue weighted by Gasteiger charge is -2.27. The van der Waals surface area contributed by atoms with Crippen molar-refractivity contribution in [1.29, 1.82) is 0 Å². The zero-order chi connectivity index (χ0) is 14.7. The number of rotatable bonds is 3. The van der Waals surface area contributed by atoms with Crippen molar-refractivity contribution >= 4 is 47.4 Å². The topological polar surface area (TPSA) is 65.2 Å². The van der Waals surface area contributed by atoms with E-state index < -0.39 is 11.8 Å². The fourth-order valence-corrected chi connectivity index (χ4v) is 2.14. The van der Waals surface area contributed by atoms with Crippen LogP contribution in [0.5, 0.6) is 0 Å². The second kappa shape index (κ2) is 5.89. The van der Waals surface area contributed by atoms with Gasteiger partial charge in [-0.15, -0.1) is 6.58 Å². The standard InChI is InChI=1S/C13H11N3O2S2/c1-2-6-16-12(18)9(10(17)15-13(16)20)7-8-4-3-5-14-11(8)19/h2-5,7H,1,6H2,(H,14,19)(H,15,17,20). The highest BCUT2D eigenvalue weighted by Gasteiger charge is 2.32. The average molecular weight is 305 g/mol. The molecule has 7 heteroatoms. The molecule has 1 aromatic rings. The Bertz CT molecular complexity index is 691. The summed E-state index contributed by atoms with van der Waals surface area (Å²) in [5.41, 5.74) is 0.582. The third-order valence-electron chi connectivity index (χ3n) is 2.65. The first kappa shape index (κ1) is 14.3. The number of thiocarbonyl (C=S) groups is 1. The van der Waals surface area contributed by atoms with Crippen LogP contribution in [0, 0.1) is 4.64 Å². The van der Waals surface area contributed by atoms with Gasteiger partial charge in [0.2, 0.25) is 0 Å². The molecular weight excluding hydrogens is 294 g/mol. The van der Waals surface area contributed by atoms with Gasteiger partial charge in [0.25, 0.3) is 11.8 Å². The summed E-state index contributed by atoms with van der Waals surface area (Å²) in [5, 5.41) is 2.55. The van der Waals surface area contributed by atoms with Crippen molar-refractivity contribution in [3.05, 3.63) is 46.8 Å². The van der Waals surface area contributed by atoms with Gasteiger partial charge in [0, 0.05) is 18.3 Å². The summed E-state index contributed by atoms with van der Waals surface area (Å²) in [4.78, 5) is 28.3. The van der Waals surface area contributed by atoms with E-state index in [2.05, 4.69) is 16.9 Å². The third-order valence-corrected chi connectivity index (χ3v) is 3.32. The summed E-state index contributed by atoms with van der Waals surface area (Å²) < 4.78 is 0.448. The van der Waals surface area contributed by atoms with Crippen LogP contribution < -0.4 is 5.32 Å². The van der Waals surface area contributed by atoms with E-state index >= 15 is 0 Å². The SMILES string of the molecule is C=CCN1C(=O)C(=Cc2ccc[nH]c2=S)C(=O)NC1=S. The van der Waals surface area contributed by atoms with Crippen LogP contribution in [0.2, 0.25) is 0 Å². The minimum absolute atomic E-state index is 0.00819. The minimum atomic E-state index is -0.529. The number of pyridine rings is 1. The molecule has 1 aliphatic heterocycles. The first-order chi connectivity index (χ1) is 9.54. The second-order valence-electron chi connectivity index (χ2n) is 3.98. The van der Waals surface area contributed by atoms with Crippen molar-refractivity contribution in [2.45, 2.75) is 0 Å². The number of amides is 2. The number of nitrogens with zero attached hydrogens (tertiary/aromatic N) is 1. The number of aromatic nitrogens is 1. The highest BCUT2D eigenvalue weighted by atomic mass is 32.1. The second-order valence-corrected chi connectivity index (χ2v) is 4.77. The smallest absolute Gasteiger partial charge is 0.265 e. The van der Waals surface area contributed by atoms with Gasteiger partial charge in [-0.25, -0.2) is 0 Å². The number of H-pyrrole nitrogens is 1. The van der Waals surface area contributed by atoms with Crippen molar-refractivity contribution in [2.24, 2.45) is 0 Å². The van der Waals surface area contributed by atoms with E-state index in [9.17, 15) is 9.59 Å². The van der Waals surface area contributed by atoms with Gasteiger partial charge in [0.1, 0.15) is 10.2 Å². The molecule has 20 heavy (non-hydrogen) atoms. The van der Waals surface area contributed by atoms with Crippen LogP contribution in [-0.4, -0.2) is 33.4 Å². The Morgan fingerprint density at radius 3 is 2.75 bits per heavy atom. The lowest BCUT2D eigenvalue weighted by molar-refractivity contribution is -0.128. The van der Waals surface area contributed by atoms with E-state index in [1.807, 2.05) is 0 Å². The zero-order valence-electron chi connectivity index (χ0n) is 10.4. The Hall–Kier alpha value is -2.12. The van der Waals surface area contributed by atoms with Crippen LogP contribution in [-0.2, 0) is 9.59 Å². The Morgan fingerprint density at radius 2 is 2.10 bits per heavy atom. The number of nitrogens with one attached hydrogen (secondary N) is 2. The molecule has 2 amide bonds. The molecule has 2 N–H and O–H groups in total. The Morgan fingerprint density at radius 1 is 1.35 bits per heavy atom. The first-order valence-corrected chi connectivity index (χ1v) is 6.53. The fraction of sp³-hybridized carbons (Fsp3) is 0.0769. The molecule has 1 aromatic heterocycles. The molecule has 5 nitrogen and oxygen atoms in total. The van der Waals surface area contributed by atoms with Crippen molar-refractivity contribution in [2.75, 3.05) is 6.54 Å². The molecule has 0 atom stereocenters. The molecule has 2 heterocycles. The van der Waals surface area contributed by atoms with Crippen LogP contribution >= 0.6 is 24.4 Å². The van der Waals surface area contributed by atoms with Crippen molar-refractivity contribution < 1.29 is 9.59 Å². The fourth-order valence-electron chi connectivity index (χ4n) is 1.69. The van der Waals surface area contributed by atoms with Crippen molar-refractivity contribution in [3.63, 3.8) is 0 Å². The normalized spacial score (nSPS) is 17.3. The first-order valence-electron chi connectivity index (χ1n) is 5.72. The van der Waals surface area contributed by atoms with Crippen LogP contribution in [0.1, 0.15) is 5.56 Å². The van der Waals surface area contributed by atoms with Crippen LogP contribution in [0.15, 0.2) is 36.6 Å². The van der Waals surface area contributed by atoms with Gasteiger partial charge in [-0.05, 0) is 24.4 Å². The van der Waals surface area contributed by atoms with Gasteiger partial charge >= 0.3 is 0 Å². The molecular formula is C13H11N3O2S2. The predicted molar refractivity (Wildman–Crippen MR) is 82.3 cm³/mol. The maximum atomic E-state index is 12.3. The predicted octanol–water partition coefficient (Wildman–Crippen LogP) is 1.56. The van der Waals surface area contributed by atoms with Gasteiger partial charge < -0.3 is 4.98 Å². The van der Waals surface area contributed by atoms with E-state index in [-0.39, 0.29) is 17.2 Å². The molecule has 102 valence electrons. The van der Waals surface area contributed by atoms with Gasteiger partial charge in [-0.2, -0.15) is 0 Å². The molecule has 0 unspecified atom stereocenters. The maximum Gasteiger partial charge on any atom is 0.265 e. The largest absolute Gasteiger partial charge is 0.352 e. The number of aromatic amines is 1. The number of carbonyl (C=O) groups is 2. The van der Waals surface area contributed by atoms with Crippen LogP contribution in [0.4, 0.5) is 0 Å². The van der Waals surface area contributed by atoms with Gasteiger partial charge in [0.05, 0.1) is 0 Å². The number of hydrogen-bond acceptors (Lipinski definition) is 4. The Kier molecular flexibility index (Phi) is 4.21. The third kappa shape index (κ3) is 2.73. The number of hydrogen-bond donors (Lipinski definition) is 2. The highest BCUT2D eigenvalue weighted by Crippen LogP contribution is 2.14. The molecule has 0 aromatic carbocycles. The van der Waals surface area contributed by atoms with E-state index in [0.717, 1.165) is 0 Å². The lowest BCUT2D eigenvalue weighted by Crippen LogP contribution is -2.53. The molecule has 0 radical (unpaired) electrons. The summed E-state index contributed by atoms with van der Waals surface area (Å²) in [6.07, 6.45) is 4.66. The maximum absolute atomic E-state index is 12.3. The van der Waals surface area contributed by atoms with Crippen molar-refractivity contribution in [1.82, 2.24) is 15.2 Å². The minimum Gasteiger partial charge on any atom is -0.352 e. The van der Waals surface area contributed by atoms with E-state index in [4.69, 9.17) is 24.4 Å². The average Bonchev–Trinajstić information content (AvgIpc) is 2.41. The zero-order valence-corrected chi connectivity index (χ0v) is 12.0.